The van der Waals surface area contributed by atoms with E-state index < -0.39 is 0 Å². The van der Waals surface area contributed by atoms with Gasteiger partial charge in [0.25, 0.3) is 0 Å². The van der Waals surface area contributed by atoms with Gasteiger partial charge in [-0.2, -0.15) is 5.10 Å². The van der Waals surface area contributed by atoms with Crippen molar-refractivity contribution in [3.05, 3.63) is 11.6 Å². The number of hydrogen-bond donors (Lipinski definition) is 1. The zero-order chi connectivity index (χ0) is 10.8. The van der Waals surface area contributed by atoms with E-state index in [9.17, 15) is 0 Å². The molecule has 1 aromatic rings. The normalized spacial score (nSPS) is 27.4. The maximum Gasteiger partial charge on any atom is 0.156 e. The van der Waals surface area contributed by atoms with Crippen molar-refractivity contribution in [3.63, 3.8) is 0 Å². The number of ether oxygens (including phenoxy) is 1. The molecule has 2 aliphatic rings. The van der Waals surface area contributed by atoms with E-state index in [1.165, 1.54) is 32.1 Å². The summed E-state index contributed by atoms with van der Waals surface area (Å²) in [6, 6.07) is 0. The van der Waals surface area contributed by atoms with Crippen molar-refractivity contribution in [1.82, 2.24) is 15.2 Å². The molecule has 1 N–H and O–H groups in total. The number of aromatic amines is 1. The van der Waals surface area contributed by atoms with Gasteiger partial charge in [0.05, 0.1) is 6.61 Å². The first-order valence-corrected chi connectivity index (χ1v) is 6.43. The molecule has 3 rings (SSSR count). The van der Waals surface area contributed by atoms with Crippen LogP contribution in [0.5, 0.6) is 0 Å². The third-order valence-electron chi connectivity index (χ3n) is 3.79. The quantitative estimate of drug-likeness (QED) is 0.834. The number of H-pyrrole nitrogens is 1. The minimum atomic E-state index is 0.417. The van der Waals surface area contributed by atoms with Gasteiger partial charge in [-0.25, -0.2) is 4.98 Å². The molecule has 4 nitrogen and oxygen atoms in total. The molecule has 16 heavy (non-hydrogen) atoms. The standard InChI is InChI=1S/C12H19N3O/c1-2-5-9(4-1)11-13-12(15-14-11)10-6-3-7-16-8-10/h9-10H,1-8H2,(H,13,14,15). The van der Waals surface area contributed by atoms with Gasteiger partial charge in [0.1, 0.15) is 5.82 Å². The highest BCUT2D eigenvalue weighted by molar-refractivity contribution is 5.04. The van der Waals surface area contributed by atoms with Gasteiger partial charge in [0.15, 0.2) is 5.82 Å². The van der Waals surface area contributed by atoms with Gasteiger partial charge in [-0.15, -0.1) is 0 Å². The highest BCUT2D eigenvalue weighted by Gasteiger charge is 2.24. The van der Waals surface area contributed by atoms with Crippen LogP contribution in [-0.2, 0) is 4.74 Å². The van der Waals surface area contributed by atoms with Gasteiger partial charge >= 0.3 is 0 Å². The first kappa shape index (κ1) is 10.3. The molecule has 0 radical (unpaired) electrons. The number of nitrogens with zero attached hydrogens (tertiary/aromatic N) is 2. The minimum absolute atomic E-state index is 0.417. The Morgan fingerprint density at radius 2 is 1.88 bits per heavy atom. The summed E-state index contributed by atoms with van der Waals surface area (Å²) >= 11 is 0. The van der Waals surface area contributed by atoms with E-state index in [1.54, 1.807) is 0 Å². The summed E-state index contributed by atoms with van der Waals surface area (Å²) in [5.74, 6) is 3.13. The van der Waals surface area contributed by atoms with Crippen molar-refractivity contribution in [1.29, 1.82) is 0 Å². The lowest BCUT2D eigenvalue weighted by atomic mass is 10.0. The maximum atomic E-state index is 5.48. The first-order chi connectivity index (χ1) is 7.93. The largest absolute Gasteiger partial charge is 0.381 e. The van der Waals surface area contributed by atoms with Gasteiger partial charge < -0.3 is 4.74 Å². The first-order valence-electron chi connectivity index (χ1n) is 6.43. The molecule has 1 aliphatic heterocycles. The molecular formula is C12H19N3O. The molecule has 1 unspecified atom stereocenters. The van der Waals surface area contributed by atoms with E-state index >= 15 is 0 Å². The van der Waals surface area contributed by atoms with Gasteiger partial charge in [-0.1, -0.05) is 12.8 Å². The fourth-order valence-corrected chi connectivity index (χ4v) is 2.80. The maximum absolute atomic E-state index is 5.48. The van der Waals surface area contributed by atoms with Crippen LogP contribution in [0, 0.1) is 0 Å². The van der Waals surface area contributed by atoms with Crippen LogP contribution in [0.1, 0.15) is 62.0 Å². The van der Waals surface area contributed by atoms with E-state index in [-0.39, 0.29) is 0 Å². The smallest absolute Gasteiger partial charge is 0.156 e. The molecule has 0 aromatic carbocycles. The molecule has 1 saturated carbocycles. The lowest BCUT2D eigenvalue weighted by Crippen LogP contribution is -2.16. The van der Waals surface area contributed by atoms with Crippen LogP contribution in [0.3, 0.4) is 0 Å². The molecule has 4 heteroatoms. The van der Waals surface area contributed by atoms with Crippen molar-refractivity contribution in [3.8, 4) is 0 Å². The molecule has 88 valence electrons. The van der Waals surface area contributed by atoms with Crippen LogP contribution < -0.4 is 0 Å². The van der Waals surface area contributed by atoms with Crippen molar-refractivity contribution in [2.45, 2.75) is 50.4 Å². The molecule has 1 aliphatic carbocycles. The van der Waals surface area contributed by atoms with E-state index in [2.05, 4.69) is 15.2 Å². The molecule has 1 atom stereocenters. The van der Waals surface area contributed by atoms with E-state index in [0.29, 0.717) is 11.8 Å². The summed E-state index contributed by atoms with van der Waals surface area (Å²) in [6.45, 7) is 1.69. The van der Waals surface area contributed by atoms with Gasteiger partial charge in [0.2, 0.25) is 0 Å². The molecule has 1 aromatic heterocycles. The lowest BCUT2D eigenvalue weighted by molar-refractivity contribution is 0.0781. The van der Waals surface area contributed by atoms with E-state index in [0.717, 1.165) is 31.3 Å². The summed E-state index contributed by atoms with van der Waals surface area (Å²) in [7, 11) is 0. The Balaban J connectivity index is 1.71. The predicted molar refractivity (Wildman–Crippen MR) is 60.4 cm³/mol. The summed E-state index contributed by atoms with van der Waals surface area (Å²) < 4.78 is 5.48. The highest BCUT2D eigenvalue weighted by Crippen LogP contribution is 2.33. The number of nitrogens with one attached hydrogen (secondary N) is 1. The zero-order valence-electron chi connectivity index (χ0n) is 9.61. The average Bonchev–Trinajstić information content (AvgIpc) is 3.01. The van der Waals surface area contributed by atoms with Crippen LogP contribution >= 0.6 is 0 Å². The second-order valence-electron chi connectivity index (χ2n) is 4.97. The van der Waals surface area contributed by atoms with Crippen LogP contribution in [0.25, 0.3) is 0 Å². The lowest BCUT2D eigenvalue weighted by Gasteiger charge is -2.18. The van der Waals surface area contributed by atoms with Crippen LogP contribution in [0.15, 0.2) is 0 Å². The number of hydrogen-bond acceptors (Lipinski definition) is 3. The molecule has 0 spiro atoms. The van der Waals surface area contributed by atoms with Crippen molar-refractivity contribution in [2.75, 3.05) is 13.2 Å². The third kappa shape index (κ3) is 1.98. The molecule has 2 fully saturated rings. The minimum Gasteiger partial charge on any atom is -0.381 e. The van der Waals surface area contributed by atoms with Gasteiger partial charge in [0, 0.05) is 18.4 Å². The van der Waals surface area contributed by atoms with E-state index in [1.807, 2.05) is 0 Å². The average molecular weight is 221 g/mol. The van der Waals surface area contributed by atoms with Gasteiger partial charge in [-0.05, 0) is 25.7 Å². The predicted octanol–water partition coefficient (Wildman–Crippen LogP) is 2.36. The number of aromatic nitrogens is 3. The Morgan fingerprint density at radius 3 is 2.62 bits per heavy atom. The van der Waals surface area contributed by atoms with Crippen LogP contribution in [0.4, 0.5) is 0 Å². The second kappa shape index (κ2) is 4.53. The Labute approximate surface area is 95.8 Å². The summed E-state index contributed by atoms with van der Waals surface area (Å²) in [6.07, 6.45) is 7.53. The van der Waals surface area contributed by atoms with Crippen LogP contribution in [-0.4, -0.2) is 28.4 Å². The molecule has 0 amide bonds. The second-order valence-corrected chi connectivity index (χ2v) is 4.97. The Bertz CT molecular complexity index is 338. The van der Waals surface area contributed by atoms with Gasteiger partial charge in [-0.3, -0.25) is 5.10 Å². The number of rotatable bonds is 2. The zero-order valence-corrected chi connectivity index (χ0v) is 9.61. The Morgan fingerprint density at radius 1 is 1.06 bits per heavy atom. The molecule has 2 heterocycles. The summed E-state index contributed by atoms with van der Waals surface area (Å²) in [5.41, 5.74) is 0. The SMILES string of the molecule is C1COCC(c2n[nH]c(C3CCCC3)n2)C1. The summed E-state index contributed by atoms with van der Waals surface area (Å²) in [5, 5.41) is 7.50. The monoisotopic (exact) mass is 221 g/mol. The third-order valence-corrected chi connectivity index (χ3v) is 3.79. The van der Waals surface area contributed by atoms with Crippen LogP contribution in [0.2, 0.25) is 0 Å². The topological polar surface area (TPSA) is 50.8 Å². The molecule has 1 saturated heterocycles. The van der Waals surface area contributed by atoms with Crippen molar-refractivity contribution in [2.24, 2.45) is 0 Å². The van der Waals surface area contributed by atoms with Crippen molar-refractivity contribution < 1.29 is 4.74 Å². The van der Waals surface area contributed by atoms with Crippen molar-refractivity contribution >= 4 is 0 Å². The fraction of sp³-hybridized carbons (Fsp3) is 0.833. The Kier molecular flexibility index (Phi) is 2.91. The molecular weight excluding hydrogens is 202 g/mol. The summed E-state index contributed by atoms with van der Waals surface area (Å²) in [4.78, 5) is 4.67. The van der Waals surface area contributed by atoms with E-state index in [4.69, 9.17) is 4.74 Å². The fourth-order valence-electron chi connectivity index (χ4n) is 2.80. The Hall–Kier alpha value is -0.900. The molecule has 0 bridgehead atoms. The highest BCUT2D eigenvalue weighted by atomic mass is 16.5.